The van der Waals surface area contributed by atoms with Gasteiger partial charge < -0.3 is 9.80 Å². The lowest BCUT2D eigenvalue weighted by atomic mass is 10.2. The number of sulfonamides is 1. The molecule has 2 N–H and O–H groups in total. The van der Waals surface area contributed by atoms with Crippen LogP contribution in [0.15, 0.2) is 47.5 Å². The molecule has 0 saturated carbocycles. The molecule has 0 aliphatic carbocycles. The van der Waals surface area contributed by atoms with E-state index in [1.54, 1.807) is 24.2 Å². The van der Waals surface area contributed by atoms with E-state index in [1.807, 2.05) is 37.2 Å². The molecule has 0 radical (unpaired) electrons. The molecule has 0 fully saturated rings. The van der Waals surface area contributed by atoms with E-state index in [-0.39, 0.29) is 4.90 Å². The molecule has 0 aliphatic heterocycles. The zero-order valence-corrected chi connectivity index (χ0v) is 13.7. The number of hydrogen-bond acceptors (Lipinski definition) is 5. The average molecular weight is 320 g/mol. The predicted octanol–water partition coefficient (Wildman–Crippen LogP) is 1.43. The van der Waals surface area contributed by atoms with E-state index >= 15 is 0 Å². The van der Waals surface area contributed by atoms with Gasteiger partial charge in [0.25, 0.3) is 0 Å². The SMILES string of the molecule is CN(C)c1cccc(CN(C)c2ncccc2S(N)(=O)=O)c1. The third-order valence-electron chi connectivity index (χ3n) is 3.27. The van der Waals surface area contributed by atoms with Crippen molar-refractivity contribution in [3.63, 3.8) is 0 Å². The van der Waals surface area contributed by atoms with Gasteiger partial charge in [-0.25, -0.2) is 18.5 Å². The van der Waals surface area contributed by atoms with Gasteiger partial charge in [0.15, 0.2) is 0 Å². The summed E-state index contributed by atoms with van der Waals surface area (Å²) in [6.07, 6.45) is 1.55. The summed E-state index contributed by atoms with van der Waals surface area (Å²) in [6.45, 7) is 0.529. The molecular weight excluding hydrogens is 300 g/mol. The second-order valence-corrected chi connectivity index (χ2v) is 6.82. The lowest BCUT2D eigenvalue weighted by Gasteiger charge is -2.21. The molecule has 1 aromatic carbocycles. The van der Waals surface area contributed by atoms with Crippen LogP contribution in [0.1, 0.15) is 5.56 Å². The number of anilines is 2. The van der Waals surface area contributed by atoms with Crippen molar-refractivity contribution >= 4 is 21.5 Å². The highest BCUT2D eigenvalue weighted by Gasteiger charge is 2.17. The second kappa shape index (κ2) is 6.33. The van der Waals surface area contributed by atoms with Gasteiger partial charge in [-0.05, 0) is 29.8 Å². The van der Waals surface area contributed by atoms with Crippen molar-refractivity contribution in [3.05, 3.63) is 48.2 Å². The fraction of sp³-hybridized carbons (Fsp3) is 0.267. The highest BCUT2D eigenvalue weighted by atomic mass is 32.2. The van der Waals surface area contributed by atoms with Crippen LogP contribution in [0.3, 0.4) is 0 Å². The number of aromatic nitrogens is 1. The normalized spacial score (nSPS) is 11.3. The van der Waals surface area contributed by atoms with Crippen LogP contribution < -0.4 is 14.9 Å². The van der Waals surface area contributed by atoms with Crippen LogP contribution in [0.5, 0.6) is 0 Å². The molecule has 22 heavy (non-hydrogen) atoms. The summed E-state index contributed by atoms with van der Waals surface area (Å²) in [5.74, 6) is 0.347. The van der Waals surface area contributed by atoms with Gasteiger partial charge in [0, 0.05) is 39.6 Å². The van der Waals surface area contributed by atoms with Gasteiger partial charge in [-0.1, -0.05) is 12.1 Å². The van der Waals surface area contributed by atoms with Crippen LogP contribution in [0.25, 0.3) is 0 Å². The van der Waals surface area contributed by atoms with Gasteiger partial charge in [0.1, 0.15) is 10.7 Å². The smallest absolute Gasteiger partial charge is 0.241 e. The second-order valence-electron chi connectivity index (χ2n) is 5.29. The topological polar surface area (TPSA) is 79.5 Å². The van der Waals surface area contributed by atoms with E-state index in [0.717, 1.165) is 11.3 Å². The third kappa shape index (κ3) is 3.75. The Bertz CT molecular complexity index is 760. The summed E-state index contributed by atoms with van der Waals surface area (Å²) >= 11 is 0. The summed E-state index contributed by atoms with van der Waals surface area (Å²) in [5, 5.41) is 5.25. The summed E-state index contributed by atoms with van der Waals surface area (Å²) in [7, 11) is 1.93. The Balaban J connectivity index is 2.31. The number of benzene rings is 1. The Hall–Kier alpha value is -2.12. The quantitative estimate of drug-likeness (QED) is 0.901. The third-order valence-corrected chi connectivity index (χ3v) is 4.20. The molecule has 6 nitrogen and oxygen atoms in total. The van der Waals surface area contributed by atoms with Crippen molar-refractivity contribution in [1.82, 2.24) is 4.98 Å². The molecule has 2 aromatic rings. The number of rotatable bonds is 5. The Morgan fingerprint density at radius 2 is 1.86 bits per heavy atom. The molecule has 0 aliphatic rings. The maximum absolute atomic E-state index is 11.7. The van der Waals surface area contributed by atoms with E-state index in [9.17, 15) is 8.42 Å². The van der Waals surface area contributed by atoms with Crippen LogP contribution in [-0.4, -0.2) is 34.5 Å². The molecule has 7 heteroatoms. The van der Waals surface area contributed by atoms with Gasteiger partial charge in [0.05, 0.1) is 0 Å². The highest BCUT2D eigenvalue weighted by molar-refractivity contribution is 7.89. The summed E-state index contributed by atoms with van der Waals surface area (Å²) in [5.41, 5.74) is 2.14. The van der Waals surface area contributed by atoms with Crippen LogP contribution in [-0.2, 0) is 16.6 Å². The number of primary sulfonamides is 1. The molecule has 2 rings (SSSR count). The van der Waals surface area contributed by atoms with Gasteiger partial charge in [-0.3, -0.25) is 0 Å². The molecule has 118 valence electrons. The number of pyridine rings is 1. The monoisotopic (exact) mass is 320 g/mol. The molecule has 0 saturated heterocycles. The lowest BCUT2D eigenvalue weighted by molar-refractivity contribution is 0.597. The average Bonchev–Trinajstić information content (AvgIpc) is 2.46. The van der Waals surface area contributed by atoms with E-state index in [4.69, 9.17) is 5.14 Å². The van der Waals surface area contributed by atoms with E-state index in [0.29, 0.717) is 12.4 Å². The minimum absolute atomic E-state index is 0.0289. The first-order valence-electron chi connectivity index (χ1n) is 6.74. The van der Waals surface area contributed by atoms with Gasteiger partial charge >= 0.3 is 0 Å². The van der Waals surface area contributed by atoms with Crippen LogP contribution in [0.4, 0.5) is 11.5 Å². The number of nitrogens with zero attached hydrogens (tertiary/aromatic N) is 3. The van der Waals surface area contributed by atoms with Crippen LogP contribution >= 0.6 is 0 Å². The number of nitrogens with two attached hydrogens (primary N) is 1. The first-order chi connectivity index (χ1) is 10.3. The summed E-state index contributed by atoms with van der Waals surface area (Å²) in [4.78, 5) is 7.97. The standard InChI is InChI=1S/C15H20N4O2S/c1-18(2)13-7-4-6-12(10-13)11-19(3)15-14(22(16,20)21)8-5-9-17-15/h4-10H,11H2,1-3H3,(H2,16,20,21). The molecular formula is C15H20N4O2S. The van der Waals surface area contributed by atoms with Crippen LogP contribution in [0.2, 0.25) is 0 Å². The Morgan fingerprint density at radius 3 is 2.50 bits per heavy atom. The fourth-order valence-electron chi connectivity index (χ4n) is 2.17. The fourth-order valence-corrected chi connectivity index (χ4v) is 2.90. The van der Waals surface area contributed by atoms with Crippen molar-refractivity contribution in [2.45, 2.75) is 11.4 Å². The van der Waals surface area contributed by atoms with Crippen molar-refractivity contribution < 1.29 is 8.42 Å². The largest absolute Gasteiger partial charge is 0.378 e. The Morgan fingerprint density at radius 1 is 1.14 bits per heavy atom. The Kier molecular flexibility index (Phi) is 4.68. The van der Waals surface area contributed by atoms with Gasteiger partial charge in [0.2, 0.25) is 10.0 Å². The molecule has 0 amide bonds. The summed E-state index contributed by atoms with van der Waals surface area (Å²) < 4.78 is 23.3. The molecule has 0 unspecified atom stereocenters. The van der Waals surface area contributed by atoms with Gasteiger partial charge in [-0.15, -0.1) is 0 Å². The molecule has 0 atom stereocenters. The zero-order chi connectivity index (χ0) is 16.3. The minimum atomic E-state index is -3.80. The van der Waals surface area contributed by atoms with E-state index in [2.05, 4.69) is 11.1 Å². The zero-order valence-electron chi connectivity index (χ0n) is 12.9. The Labute approximate surface area is 131 Å². The first kappa shape index (κ1) is 16.3. The predicted molar refractivity (Wildman–Crippen MR) is 88.5 cm³/mol. The lowest BCUT2D eigenvalue weighted by Crippen LogP contribution is -2.23. The van der Waals surface area contributed by atoms with Crippen LogP contribution in [0, 0.1) is 0 Å². The molecule has 0 spiro atoms. The van der Waals surface area contributed by atoms with E-state index < -0.39 is 10.0 Å². The minimum Gasteiger partial charge on any atom is -0.378 e. The maximum atomic E-state index is 11.7. The number of hydrogen-bond donors (Lipinski definition) is 1. The van der Waals surface area contributed by atoms with Crippen molar-refractivity contribution in [2.75, 3.05) is 30.9 Å². The maximum Gasteiger partial charge on any atom is 0.241 e. The highest BCUT2D eigenvalue weighted by Crippen LogP contribution is 2.22. The van der Waals surface area contributed by atoms with Crippen molar-refractivity contribution in [2.24, 2.45) is 5.14 Å². The van der Waals surface area contributed by atoms with Gasteiger partial charge in [-0.2, -0.15) is 0 Å². The summed E-state index contributed by atoms with van der Waals surface area (Å²) in [6, 6.07) is 11.0. The molecule has 1 aromatic heterocycles. The molecule has 1 heterocycles. The first-order valence-corrected chi connectivity index (χ1v) is 8.29. The van der Waals surface area contributed by atoms with E-state index in [1.165, 1.54) is 6.07 Å². The van der Waals surface area contributed by atoms with Crippen molar-refractivity contribution in [3.8, 4) is 0 Å². The molecule has 0 bridgehead atoms. The van der Waals surface area contributed by atoms with Crippen molar-refractivity contribution in [1.29, 1.82) is 0 Å².